The molecule has 1 N–H and O–H groups in total. The molecule has 2 aromatic heterocycles. The van der Waals surface area contributed by atoms with Crippen molar-refractivity contribution in [3.05, 3.63) is 52.0 Å². The molecule has 2 heterocycles. The minimum absolute atomic E-state index is 0.0590. The number of rotatable bonds is 3. The van der Waals surface area contributed by atoms with Gasteiger partial charge in [-0.2, -0.15) is 5.10 Å². The van der Waals surface area contributed by atoms with E-state index in [4.69, 9.17) is 21.1 Å². The van der Waals surface area contributed by atoms with Gasteiger partial charge in [0.15, 0.2) is 0 Å². The number of halogens is 1. The number of aromatic carboxylic acids is 1. The summed E-state index contributed by atoms with van der Waals surface area (Å²) in [6.45, 7) is 4.36. The van der Waals surface area contributed by atoms with E-state index in [1.807, 2.05) is 30.7 Å². The average Bonchev–Trinajstić information content (AvgIpc) is 2.96. The van der Waals surface area contributed by atoms with Crippen molar-refractivity contribution in [1.29, 1.82) is 0 Å². The van der Waals surface area contributed by atoms with Crippen molar-refractivity contribution in [3.8, 4) is 0 Å². The number of benzene rings is 1. The predicted molar refractivity (Wildman–Crippen MR) is 79.0 cm³/mol. The van der Waals surface area contributed by atoms with Gasteiger partial charge in [0.25, 0.3) is 0 Å². The smallest absolute Gasteiger partial charge is 0.371 e. The molecule has 108 valence electrons. The normalized spacial score (nSPS) is 11.2. The minimum atomic E-state index is -1.07. The molecule has 0 unspecified atom stereocenters. The van der Waals surface area contributed by atoms with Crippen molar-refractivity contribution in [2.45, 2.75) is 20.4 Å². The van der Waals surface area contributed by atoms with Crippen molar-refractivity contribution >= 4 is 28.5 Å². The highest BCUT2D eigenvalue weighted by Gasteiger charge is 2.12. The quantitative estimate of drug-likeness (QED) is 0.802. The molecule has 3 rings (SSSR count). The van der Waals surface area contributed by atoms with Crippen LogP contribution in [-0.4, -0.2) is 20.9 Å². The van der Waals surface area contributed by atoms with Crippen molar-refractivity contribution in [2.24, 2.45) is 0 Å². The Hall–Kier alpha value is -2.27. The topological polar surface area (TPSA) is 68.3 Å². The van der Waals surface area contributed by atoms with E-state index in [1.165, 1.54) is 6.07 Å². The number of furan rings is 1. The summed E-state index contributed by atoms with van der Waals surface area (Å²) in [6.07, 6.45) is 0. The van der Waals surface area contributed by atoms with Crippen LogP contribution in [0.25, 0.3) is 11.0 Å². The molecule has 0 amide bonds. The lowest BCUT2D eigenvalue weighted by Crippen LogP contribution is -2.03. The fourth-order valence-corrected chi connectivity index (χ4v) is 2.43. The van der Waals surface area contributed by atoms with Crippen molar-refractivity contribution in [1.82, 2.24) is 9.78 Å². The third kappa shape index (κ3) is 2.40. The number of carboxylic acid groups (broad SMARTS) is 1. The van der Waals surface area contributed by atoms with Crippen LogP contribution in [0.4, 0.5) is 0 Å². The van der Waals surface area contributed by atoms with E-state index < -0.39 is 5.97 Å². The van der Waals surface area contributed by atoms with Gasteiger partial charge in [-0.3, -0.25) is 4.68 Å². The van der Waals surface area contributed by atoms with Gasteiger partial charge in [-0.25, -0.2) is 4.79 Å². The molecule has 6 heteroatoms. The van der Waals surface area contributed by atoms with Gasteiger partial charge >= 0.3 is 5.97 Å². The molecule has 0 aliphatic rings. The summed E-state index contributed by atoms with van der Waals surface area (Å²) < 4.78 is 7.07. The molecule has 0 fully saturated rings. The summed E-state index contributed by atoms with van der Waals surface area (Å²) in [7, 11) is 0. The maximum Gasteiger partial charge on any atom is 0.371 e. The Kier molecular flexibility index (Phi) is 3.22. The number of nitrogens with zero attached hydrogens (tertiary/aromatic N) is 2. The van der Waals surface area contributed by atoms with Crippen LogP contribution in [0.2, 0.25) is 5.02 Å². The number of fused-ring (bicyclic) bond motifs is 1. The van der Waals surface area contributed by atoms with Gasteiger partial charge in [0.1, 0.15) is 5.58 Å². The Morgan fingerprint density at radius 2 is 2.14 bits per heavy atom. The molecule has 0 radical (unpaired) electrons. The van der Waals surface area contributed by atoms with E-state index in [1.54, 1.807) is 6.07 Å². The summed E-state index contributed by atoms with van der Waals surface area (Å²) in [5, 5.41) is 14.8. The highest BCUT2D eigenvalue weighted by Crippen LogP contribution is 2.23. The van der Waals surface area contributed by atoms with E-state index in [9.17, 15) is 4.79 Å². The molecule has 21 heavy (non-hydrogen) atoms. The van der Waals surface area contributed by atoms with Crippen LogP contribution in [0.1, 0.15) is 27.5 Å². The highest BCUT2D eigenvalue weighted by molar-refractivity contribution is 6.31. The Morgan fingerprint density at radius 1 is 1.38 bits per heavy atom. The Morgan fingerprint density at radius 3 is 2.76 bits per heavy atom. The van der Waals surface area contributed by atoms with Gasteiger partial charge in [0, 0.05) is 5.39 Å². The van der Waals surface area contributed by atoms with Crippen LogP contribution in [0.3, 0.4) is 0 Å². The number of aryl methyl sites for hydroxylation is 1. The number of hydrogen-bond acceptors (Lipinski definition) is 3. The average molecular weight is 305 g/mol. The molecule has 0 aliphatic carbocycles. The molecule has 1 aromatic carbocycles. The SMILES string of the molecule is Cc1nn(Cc2ccc3oc(C(=O)O)cc3c2)c(C)c1Cl. The largest absolute Gasteiger partial charge is 0.475 e. The van der Waals surface area contributed by atoms with Crippen LogP contribution >= 0.6 is 11.6 Å². The zero-order valence-electron chi connectivity index (χ0n) is 11.6. The summed E-state index contributed by atoms with van der Waals surface area (Å²) in [4.78, 5) is 10.9. The summed E-state index contributed by atoms with van der Waals surface area (Å²) in [6, 6.07) is 7.08. The second-order valence-corrected chi connectivity index (χ2v) is 5.31. The standard InChI is InChI=1S/C15H13ClN2O3/c1-8-14(16)9(2)18(17-8)7-10-3-4-12-11(5-10)6-13(21-12)15(19)20/h3-6H,7H2,1-2H3,(H,19,20). The van der Waals surface area contributed by atoms with Gasteiger partial charge < -0.3 is 9.52 Å². The lowest BCUT2D eigenvalue weighted by atomic mass is 10.1. The molecular formula is C15H13ClN2O3. The van der Waals surface area contributed by atoms with Crippen LogP contribution in [0.5, 0.6) is 0 Å². The Bertz CT molecular complexity index is 848. The maximum atomic E-state index is 10.9. The zero-order valence-corrected chi connectivity index (χ0v) is 12.3. The fourth-order valence-electron chi connectivity index (χ4n) is 2.30. The second-order valence-electron chi connectivity index (χ2n) is 4.93. The first-order chi connectivity index (χ1) is 9.95. The van der Waals surface area contributed by atoms with Gasteiger partial charge in [-0.1, -0.05) is 17.7 Å². The van der Waals surface area contributed by atoms with Gasteiger partial charge in [0.05, 0.1) is 23.0 Å². The number of carbonyl (C=O) groups is 1. The molecule has 3 aromatic rings. The molecule has 0 aliphatic heterocycles. The molecular weight excluding hydrogens is 292 g/mol. The van der Waals surface area contributed by atoms with Crippen LogP contribution in [0, 0.1) is 13.8 Å². The molecule has 0 spiro atoms. The monoisotopic (exact) mass is 304 g/mol. The lowest BCUT2D eigenvalue weighted by Gasteiger charge is -2.04. The first kappa shape index (κ1) is 13.7. The van der Waals surface area contributed by atoms with E-state index in [2.05, 4.69) is 5.10 Å². The predicted octanol–water partition coefficient (Wildman–Crippen LogP) is 3.65. The van der Waals surface area contributed by atoms with E-state index in [0.717, 1.165) is 22.3 Å². The minimum Gasteiger partial charge on any atom is -0.475 e. The summed E-state index contributed by atoms with van der Waals surface area (Å²) in [5.41, 5.74) is 3.27. The molecule has 5 nitrogen and oxygen atoms in total. The van der Waals surface area contributed by atoms with Crippen molar-refractivity contribution in [2.75, 3.05) is 0 Å². The molecule has 0 saturated carbocycles. The Balaban J connectivity index is 1.97. The third-order valence-electron chi connectivity index (χ3n) is 3.42. The first-order valence-corrected chi connectivity index (χ1v) is 6.79. The second kappa shape index (κ2) is 4.93. The van der Waals surface area contributed by atoms with Crippen LogP contribution < -0.4 is 0 Å². The zero-order chi connectivity index (χ0) is 15.1. The summed E-state index contributed by atoms with van der Waals surface area (Å²) >= 11 is 6.13. The van der Waals surface area contributed by atoms with Crippen LogP contribution in [-0.2, 0) is 6.54 Å². The maximum absolute atomic E-state index is 10.9. The van der Waals surface area contributed by atoms with Crippen molar-refractivity contribution in [3.63, 3.8) is 0 Å². The number of carboxylic acids is 1. The summed E-state index contributed by atoms with van der Waals surface area (Å²) in [5.74, 6) is -1.13. The first-order valence-electron chi connectivity index (χ1n) is 6.41. The third-order valence-corrected chi connectivity index (χ3v) is 3.96. The number of hydrogen-bond donors (Lipinski definition) is 1. The van der Waals surface area contributed by atoms with E-state index in [-0.39, 0.29) is 5.76 Å². The van der Waals surface area contributed by atoms with Gasteiger partial charge in [-0.05, 0) is 37.6 Å². The fraction of sp³-hybridized carbons (Fsp3) is 0.200. The van der Waals surface area contributed by atoms with Gasteiger partial charge in [-0.15, -0.1) is 0 Å². The molecule has 0 bridgehead atoms. The van der Waals surface area contributed by atoms with Crippen LogP contribution in [0.15, 0.2) is 28.7 Å². The van der Waals surface area contributed by atoms with Crippen molar-refractivity contribution < 1.29 is 14.3 Å². The highest BCUT2D eigenvalue weighted by atomic mass is 35.5. The molecule has 0 saturated heterocycles. The lowest BCUT2D eigenvalue weighted by molar-refractivity contribution is 0.0665. The molecule has 0 atom stereocenters. The number of aromatic nitrogens is 2. The van der Waals surface area contributed by atoms with E-state index >= 15 is 0 Å². The van der Waals surface area contributed by atoms with Gasteiger partial charge in [0.2, 0.25) is 5.76 Å². The Labute approximate surface area is 125 Å². The van der Waals surface area contributed by atoms with E-state index in [0.29, 0.717) is 17.2 Å².